The van der Waals surface area contributed by atoms with Crippen LogP contribution in [0.4, 0.5) is 0 Å². The molecule has 1 rings (SSSR count). The zero-order valence-corrected chi connectivity index (χ0v) is 10.6. The van der Waals surface area contributed by atoms with Crippen LogP contribution in [0.3, 0.4) is 0 Å². The molecular formula is C13H20OS. The summed E-state index contributed by atoms with van der Waals surface area (Å²) in [5.41, 5.74) is 1.67. The molecule has 0 unspecified atom stereocenters. The highest BCUT2D eigenvalue weighted by Gasteiger charge is 2.17. The quantitative estimate of drug-likeness (QED) is 0.730. The standard InChI is InChI=1S/C13H20OS/c1-13(2,10-14-3)11-15-9-12-7-5-4-6-8-12/h4-8H,9-11H2,1-3H3. The minimum absolute atomic E-state index is 0.272. The van der Waals surface area contributed by atoms with Gasteiger partial charge >= 0.3 is 0 Å². The Morgan fingerprint density at radius 2 is 1.87 bits per heavy atom. The van der Waals surface area contributed by atoms with Crippen molar-refractivity contribution >= 4 is 11.8 Å². The monoisotopic (exact) mass is 224 g/mol. The van der Waals surface area contributed by atoms with Gasteiger partial charge in [0.1, 0.15) is 0 Å². The number of rotatable bonds is 6. The highest BCUT2D eigenvalue weighted by molar-refractivity contribution is 7.98. The Balaban J connectivity index is 2.27. The molecule has 0 N–H and O–H groups in total. The van der Waals surface area contributed by atoms with Crippen molar-refractivity contribution in [2.24, 2.45) is 5.41 Å². The van der Waals surface area contributed by atoms with Crippen LogP contribution in [0, 0.1) is 5.41 Å². The van der Waals surface area contributed by atoms with E-state index in [9.17, 15) is 0 Å². The van der Waals surface area contributed by atoms with E-state index in [1.165, 1.54) is 5.56 Å². The average Bonchev–Trinajstić information content (AvgIpc) is 2.19. The van der Waals surface area contributed by atoms with Gasteiger partial charge in [-0.1, -0.05) is 44.2 Å². The zero-order chi connectivity index (χ0) is 11.1. The number of methoxy groups -OCH3 is 1. The Morgan fingerprint density at radius 3 is 2.47 bits per heavy atom. The van der Waals surface area contributed by atoms with Gasteiger partial charge in [0.15, 0.2) is 0 Å². The lowest BCUT2D eigenvalue weighted by atomic mass is 9.98. The topological polar surface area (TPSA) is 9.23 Å². The van der Waals surface area contributed by atoms with Gasteiger partial charge in [0.2, 0.25) is 0 Å². The maximum absolute atomic E-state index is 5.20. The molecule has 0 amide bonds. The predicted molar refractivity (Wildman–Crippen MR) is 68.3 cm³/mol. The molecule has 1 aromatic rings. The van der Waals surface area contributed by atoms with Crippen molar-refractivity contribution < 1.29 is 4.74 Å². The first kappa shape index (κ1) is 12.6. The third-order valence-electron chi connectivity index (χ3n) is 2.14. The number of ether oxygens (including phenoxy) is 1. The van der Waals surface area contributed by atoms with Crippen molar-refractivity contribution in [1.29, 1.82) is 0 Å². The fourth-order valence-corrected chi connectivity index (χ4v) is 2.62. The van der Waals surface area contributed by atoms with Gasteiger partial charge < -0.3 is 4.74 Å². The van der Waals surface area contributed by atoms with Crippen molar-refractivity contribution in [2.75, 3.05) is 19.5 Å². The summed E-state index contributed by atoms with van der Waals surface area (Å²) in [6.07, 6.45) is 0. The summed E-state index contributed by atoms with van der Waals surface area (Å²) < 4.78 is 5.20. The Bertz CT molecular complexity index is 269. The van der Waals surface area contributed by atoms with Gasteiger partial charge in [-0.25, -0.2) is 0 Å². The van der Waals surface area contributed by atoms with Gasteiger partial charge in [0.25, 0.3) is 0 Å². The molecule has 0 aliphatic rings. The van der Waals surface area contributed by atoms with Crippen molar-refractivity contribution in [3.8, 4) is 0 Å². The van der Waals surface area contributed by atoms with Crippen LogP contribution >= 0.6 is 11.8 Å². The Labute approximate surface area is 97.2 Å². The van der Waals surface area contributed by atoms with Crippen LogP contribution in [0.1, 0.15) is 19.4 Å². The molecule has 0 spiro atoms. The summed E-state index contributed by atoms with van der Waals surface area (Å²) >= 11 is 1.97. The van der Waals surface area contributed by atoms with Gasteiger partial charge in [0, 0.05) is 18.6 Å². The minimum atomic E-state index is 0.272. The number of benzene rings is 1. The molecule has 1 nitrogen and oxygen atoms in total. The first-order valence-corrected chi connectivity index (χ1v) is 6.40. The summed E-state index contributed by atoms with van der Waals surface area (Å²) in [7, 11) is 1.77. The molecule has 0 bridgehead atoms. The lowest BCUT2D eigenvalue weighted by Gasteiger charge is -2.22. The van der Waals surface area contributed by atoms with Crippen LogP contribution in [0.15, 0.2) is 30.3 Å². The Morgan fingerprint density at radius 1 is 1.20 bits per heavy atom. The van der Waals surface area contributed by atoms with E-state index in [1.807, 2.05) is 11.8 Å². The van der Waals surface area contributed by atoms with Crippen LogP contribution in [0.2, 0.25) is 0 Å². The van der Waals surface area contributed by atoms with Crippen LogP contribution in [-0.4, -0.2) is 19.5 Å². The first-order chi connectivity index (χ1) is 7.14. The highest BCUT2D eigenvalue weighted by Crippen LogP contribution is 2.24. The van der Waals surface area contributed by atoms with E-state index in [4.69, 9.17) is 4.74 Å². The summed E-state index contributed by atoms with van der Waals surface area (Å²) in [5, 5.41) is 0. The molecule has 0 saturated carbocycles. The van der Waals surface area contributed by atoms with E-state index in [1.54, 1.807) is 7.11 Å². The lowest BCUT2D eigenvalue weighted by Crippen LogP contribution is -2.21. The molecule has 0 fully saturated rings. The van der Waals surface area contributed by atoms with E-state index in [-0.39, 0.29) is 5.41 Å². The van der Waals surface area contributed by atoms with Crippen molar-refractivity contribution in [1.82, 2.24) is 0 Å². The number of hydrogen-bond acceptors (Lipinski definition) is 2. The van der Waals surface area contributed by atoms with Gasteiger partial charge in [-0.3, -0.25) is 0 Å². The SMILES string of the molecule is COCC(C)(C)CSCc1ccccc1. The largest absolute Gasteiger partial charge is 0.384 e. The van der Waals surface area contributed by atoms with E-state index in [0.29, 0.717) is 0 Å². The number of hydrogen-bond donors (Lipinski definition) is 0. The summed E-state index contributed by atoms with van der Waals surface area (Å²) in [5.74, 6) is 2.23. The summed E-state index contributed by atoms with van der Waals surface area (Å²) in [6, 6.07) is 10.6. The molecule has 0 aromatic heterocycles. The highest BCUT2D eigenvalue weighted by atomic mass is 32.2. The van der Waals surface area contributed by atoms with E-state index in [2.05, 4.69) is 44.2 Å². The maximum atomic E-state index is 5.20. The molecule has 15 heavy (non-hydrogen) atoms. The second-order valence-corrected chi connectivity index (χ2v) is 5.56. The molecule has 84 valence electrons. The number of thioether (sulfide) groups is 1. The van der Waals surface area contributed by atoms with Crippen molar-refractivity contribution in [3.05, 3.63) is 35.9 Å². The summed E-state index contributed by atoms with van der Waals surface area (Å²) in [4.78, 5) is 0. The lowest BCUT2D eigenvalue weighted by molar-refractivity contribution is 0.119. The van der Waals surface area contributed by atoms with Crippen LogP contribution in [-0.2, 0) is 10.5 Å². The van der Waals surface area contributed by atoms with Crippen LogP contribution in [0.5, 0.6) is 0 Å². The smallest absolute Gasteiger partial charge is 0.0521 e. The third-order valence-corrected chi connectivity index (χ3v) is 3.66. The second kappa shape index (κ2) is 6.19. The van der Waals surface area contributed by atoms with E-state index < -0.39 is 0 Å². The zero-order valence-electron chi connectivity index (χ0n) is 9.82. The minimum Gasteiger partial charge on any atom is -0.384 e. The first-order valence-electron chi connectivity index (χ1n) is 5.25. The molecule has 0 aliphatic carbocycles. The van der Waals surface area contributed by atoms with Gasteiger partial charge in [-0.15, -0.1) is 0 Å². The Kier molecular flexibility index (Phi) is 5.20. The molecular weight excluding hydrogens is 204 g/mol. The Hall–Kier alpha value is -0.470. The van der Waals surface area contributed by atoms with E-state index in [0.717, 1.165) is 18.1 Å². The third kappa shape index (κ3) is 5.24. The van der Waals surface area contributed by atoms with Crippen LogP contribution in [0.25, 0.3) is 0 Å². The molecule has 0 saturated heterocycles. The maximum Gasteiger partial charge on any atom is 0.0521 e. The van der Waals surface area contributed by atoms with Crippen molar-refractivity contribution in [2.45, 2.75) is 19.6 Å². The van der Waals surface area contributed by atoms with Gasteiger partial charge in [-0.05, 0) is 11.0 Å². The van der Waals surface area contributed by atoms with Gasteiger partial charge in [0.05, 0.1) is 6.61 Å². The molecule has 2 heteroatoms. The molecule has 0 heterocycles. The van der Waals surface area contributed by atoms with E-state index >= 15 is 0 Å². The second-order valence-electron chi connectivity index (χ2n) is 4.58. The predicted octanol–water partition coefficient (Wildman–Crippen LogP) is 3.59. The molecule has 1 aromatic carbocycles. The molecule has 0 aliphatic heterocycles. The summed E-state index contributed by atoms with van der Waals surface area (Å²) in [6.45, 7) is 5.32. The normalized spacial score (nSPS) is 11.7. The molecule has 0 radical (unpaired) electrons. The fourth-order valence-electron chi connectivity index (χ4n) is 1.45. The average molecular weight is 224 g/mol. The van der Waals surface area contributed by atoms with Gasteiger partial charge in [-0.2, -0.15) is 11.8 Å². The van der Waals surface area contributed by atoms with Crippen LogP contribution < -0.4 is 0 Å². The van der Waals surface area contributed by atoms with Crippen molar-refractivity contribution in [3.63, 3.8) is 0 Å². The molecule has 0 atom stereocenters. The fraction of sp³-hybridized carbons (Fsp3) is 0.538.